The van der Waals surface area contributed by atoms with Gasteiger partial charge in [-0.05, 0) is 45.7 Å². The Kier molecular flexibility index (Phi) is 7.73. The number of benzene rings is 1. The van der Waals surface area contributed by atoms with Gasteiger partial charge in [0.15, 0.2) is 18.1 Å². The zero-order valence-electron chi connectivity index (χ0n) is 17.9. The van der Waals surface area contributed by atoms with E-state index in [1.54, 1.807) is 39.0 Å². The zero-order chi connectivity index (χ0) is 22.3. The predicted molar refractivity (Wildman–Crippen MR) is 107 cm³/mol. The standard InChI is InChI=1S/C20H29N3O7/c1-20(2,3)30-19(26)23-10-6-7-14(23)18(25)22-21-17(24)12-29-13-8-9-15(27-4)16(11-13)28-5/h8-9,11,14H,6-7,10,12H2,1-5H3,(H,21,24)(H,22,25)/t14-/m0/s1. The second-order valence-corrected chi connectivity index (χ2v) is 7.67. The number of hydrogen-bond acceptors (Lipinski definition) is 7. The minimum atomic E-state index is -0.702. The van der Waals surface area contributed by atoms with Gasteiger partial charge in [0.05, 0.1) is 14.2 Å². The summed E-state index contributed by atoms with van der Waals surface area (Å²) < 4.78 is 21.0. The second kappa shape index (κ2) is 10.0. The number of rotatable bonds is 6. The number of likely N-dealkylation sites (tertiary alicyclic amines) is 1. The van der Waals surface area contributed by atoms with E-state index in [9.17, 15) is 14.4 Å². The molecule has 1 atom stereocenters. The summed E-state index contributed by atoms with van der Waals surface area (Å²) in [5, 5.41) is 0. The summed E-state index contributed by atoms with van der Waals surface area (Å²) in [6.45, 7) is 5.37. The molecule has 1 saturated heterocycles. The van der Waals surface area contributed by atoms with Crippen LogP contribution in [0.4, 0.5) is 4.79 Å². The number of methoxy groups -OCH3 is 2. The molecule has 0 radical (unpaired) electrons. The van der Waals surface area contributed by atoms with E-state index in [-0.39, 0.29) is 6.61 Å². The van der Waals surface area contributed by atoms with Crippen LogP contribution in [-0.2, 0) is 14.3 Å². The van der Waals surface area contributed by atoms with Crippen molar-refractivity contribution in [1.82, 2.24) is 15.8 Å². The van der Waals surface area contributed by atoms with E-state index in [0.29, 0.717) is 36.6 Å². The van der Waals surface area contributed by atoms with Crippen molar-refractivity contribution in [3.05, 3.63) is 18.2 Å². The van der Waals surface area contributed by atoms with Crippen LogP contribution >= 0.6 is 0 Å². The van der Waals surface area contributed by atoms with Crippen molar-refractivity contribution in [1.29, 1.82) is 0 Å². The van der Waals surface area contributed by atoms with Crippen LogP contribution in [0.1, 0.15) is 33.6 Å². The Morgan fingerprint density at radius 2 is 1.80 bits per heavy atom. The van der Waals surface area contributed by atoms with Crippen LogP contribution in [0.3, 0.4) is 0 Å². The highest BCUT2D eigenvalue weighted by Crippen LogP contribution is 2.30. The molecule has 0 saturated carbocycles. The molecule has 0 unspecified atom stereocenters. The fourth-order valence-corrected chi connectivity index (χ4v) is 2.88. The number of nitrogens with zero attached hydrogens (tertiary/aromatic N) is 1. The zero-order valence-corrected chi connectivity index (χ0v) is 17.9. The average Bonchev–Trinajstić information content (AvgIpc) is 3.19. The Balaban J connectivity index is 1.82. The Morgan fingerprint density at radius 1 is 1.10 bits per heavy atom. The molecule has 1 aliphatic heterocycles. The van der Waals surface area contributed by atoms with Gasteiger partial charge in [-0.25, -0.2) is 4.79 Å². The summed E-state index contributed by atoms with van der Waals surface area (Å²) in [5.74, 6) is 0.360. The number of carbonyl (C=O) groups is 3. The third kappa shape index (κ3) is 6.43. The largest absolute Gasteiger partial charge is 0.493 e. The van der Waals surface area contributed by atoms with Crippen LogP contribution in [-0.4, -0.2) is 61.8 Å². The maximum absolute atomic E-state index is 12.4. The molecule has 0 bridgehead atoms. The van der Waals surface area contributed by atoms with Gasteiger partial charge in [-0.3, -0.25) is 25.3 Å². The third-order valence-electron chi connectivity index (χ3n) is 4.23. The normalized spacial score (nSPS) is 15.9. The molecule has 1 fully saturated rings. The van der Waals surface area contributed by atoms with E-state index in [1.807, 2.05) is 0 Å². The van der Waals surface area contributed by atoms with E-state index >= 15 is 0 Å². The molecule has 2 N–H and O–H groups in total. The van der Waals surface area contributed by atoms with Crippen LogP contribution in [0, 0.1) is 0 Å². The van der Waals surface area contributed by atoms with Crippen LogP contribution < -0.4 is 25.1 Å². The first-order chi connectivity index (χ1) is 14.1. The van der Waals surface area contributed by atoms with E-state index < -0.39 is 29.6 Å². The smallest absolute Gasteiger partial charge is 0.410 e. The van der Waals surface area contributed by atoms with Crippen LogP contribution in [0.2, 0.25) is 0 Å². The lowest BCUT2D eigenvalue weighted by Crippen LogP contribution is -2.53. The fraction of sp³-hybridized carbons (Fsp3) is 0.550. The van der Waals surface area contributed by atoms with Gasteiger partial charge in [0.1, 0.15) is 17.4 Å². The lowest BCUT2D eigenvalue weighted by Gasteiger charge is -2.28. The Hall–Kier alpha value is -3.17. The van der Waals surface area contributed by atoms with E-state index in [1.165, 1.54) is 19.1 Å². The molecule has 1 aromatic carbocycles. The van der Waals surface area contributed by atoms with Crippen LogP contribution in [0.5, 0.6) is 17.2 Å². The molecule has 3 amide bonds. The maximum Gasteiger partial charge on any atom is 0.410 e. The SMILES string of the molecule is COc1ccc(OCC(=O)NNC(=O)[C@@H]2CCCN2C(=O)OC(C)(C)C)cc1OC. The summed E-state index contributed by atoms with van der Waals surface area (Å²) in [6, 6.07) is 4.16. The summed E-state index contributed by atoms with van der Waals surface area (Å²) >= 11 is 0. The van der Waals surface area contributed by atoms with Crippen molar-refractivity contribution < 1.29 is 33.3 Å². The number of nitrogens with one attached hydrogen (secondary N) is 2. The fourth-order valence-electron chi connectivity index (χ4n) is 2.88. The molecule has 10 heteroatoms. The van der Waals surface area contributed by atoms with E-state index in [4.69, 9.17) is 18.9 Å². The van der Waals surface area contributed by atoms with E-state index in [0.717, 1.165) is 0 Å². The quantitative estimate of drug-likeness (QED) is 0.668. The molecular formula is C20H29N3O7. The lowest BCUT2D eigenvalue weighted by atomic mass is 10.2. The minimum absolute atomic E-state index is 0.323. The highest BCUT2D eigenvalue weighted by Gasteiger charge is 2.36. The summed E-state index contributed by atoms with van der Waals surface area (Å²) in [5.41, 5.74) is 3.97. The Bertz CT molecular complexity index is 776. The number of amides is 3. The maximum atomic E-state index is 12.4. The highest BCUT2D eigenvalue weighted by atomic mass is 16.6. The first-order valence-electron chi connectivity index (χ1n) is 9.57. The summed E-state index contributed by atoms with van der Waals surface area (Å²) in [7, 11) is 3.01. The number of carbonyl (C=O) groups excluding carboxylic acids is 3. The third-order valence-corrected chi connectivity index (χ3v) is 4.23. The van der Waals surface area contributed by atoms with Crippen molar-refractivity contribution in [2.45, 2.75) is 45.3 Å². The topological polar surface area (TPSA) is 115 Å². The number of ether oxygens (including phenoxy) is 4. The van der Waals surface area contributed by atoms with Gasteiger partial charge in [0.2, 0.25) is 0 Å². The van der Waals surface area contributed by atoms with Gasteiger partial charge in [0.25, 0.3) is 11.8 Å². The van der Waals surface area contributed by atoms with Gasteiger partial charge >= 0.3 is 6.09 Å². The molecule has 30 heavy (non-hydrogen) atoms. The lowest BCUT2D eigenvalue weighted by molar-refractivity contribution is -0.132. The van der Waals surface area contributed by atoms with Crippen molar-refractivity contribution in [2.24, 2.45) is 0 Å². The van der Waals surface area contributed by atoms with Gasteiger partial charge in [-0.15, -0.1) is 0 Å². The molecule has 2 rings (SSSR count). The van der Waals surface area contributed by atoms with Gasteiger partial charge in [-0.1, -0.05) is 0 Å². The van der Waals surface area contributed by atoms with E-state index in [2.05, 4.69) is 10.9 Å². The molecule has 166 valence electrons. The minimum Gasteiger partial charge on any atom is -0.493 e. The molecule has 1 aromatic rings. The van der Waals surface area contributed by atoms with Gasteiger partial charge in [-0.2, -0.15) is 0 Å². The Labute approximate surface area is 175 Å². The average molecular weight is 423 g/mol. The first kappa shape index (κ1) is 23.1. The summed E-state index contributed by atoms with van der Waals surface area (Å²) in [4.78, 5) is 38.1. The van der Waals surface area contributed by atoms with Crippen LogP contribution in [0.25, 0.3) is 0 Å². The monoisotopic (exact) mass is 423 g/mol. The first-order valence-corrected chi connectivity index (χ1v) is 9.57. The number of hydrazine groups is 1. The molecule has 1 heterocycles. The molecular weight excluding hydrogens is 394 g/mol. The number of hydrogen-bond donors (Lipinski definition) is 2. The van der Waals surface area contributed by atoms with Crippen molar-refractivity contribution in [3.63, 3.8) is 0 Å². The van der Waals surface area contributed by atoms with Crippen molar-refractivity contribution in [2.75, 3.05) is 27.4 Å². The van der Waals surface area contributed by atoms with Crippen molar-refractivity contribution in [3.8, 4) is 17.2 Å². The molecule has 0 spiro atoms. The molecule has 0 aromatic heterocycles. The predicted octanol–water partition coefficient (Wildman–Crippen LogP) is 1.63. The summed E-state index contributed by atoms with van der Waals surface area (Å²) in [6.07, 6.45) is 0.611. The van der Waals surface area contributed by atoms with Crippen LogP contribution in [0.15, 0.2) is 18.2 Å². The molecule has 10 nitrogen and oxygen atoms in total. The molecule has 0 aliphatic carbocycles. The second-order valence-electron chi connectivity index (χ2n) is 7.67. The highest BCUT2D eigenvalue weighted by molar-refractivity contribution is 5.88. The molecule has 1 aliphatic rings. The van der Waals surface area contributed by atoms with Gasteiger partial charge < -0.3 is 18.9 Å². The van der Waals surface area contributed by atoms with Gasteiger partial charge in [0, 0.05) is 12.6 Å². The van der Waals surface area contributed by atoms with Crippen molar-refractivity contribution >= 4 is 17.9 Å². The Morgan fingerprint density at radius 3 is 2.43 bits per heavy atom.